The standard InChI is InChI=1S/C48H92O6/c1-6-8-9-10-11-12-17-23-28-33-38-46(49)52-41-45(42-53-47(50)39-34-29-24-20-19-22-27-32-37-44(5)7-2)54-48(51)40-35-30-25-18-15-13-14-16-21-26-31-36-43(3)4/h43-45H,6-42H2,1-5H3/t44?,45-/m0/s1. The average molecular weight is 765 g/mol. The molecule has 0 rings (SSSR count). The lowest BCUT2D eigenvalue weighted by Crippen LogP contribution is -2.30. The van der Waals surface area contributed by atoms with E-state index in [9.17, 15) is 14.4 Å². The van der Waals surface area contributed by atoms with Crippen LogP contribution in [0.3, 0.4) is 0 Å². The fourth-order valence-corrected chi connectivity index (χ4v) is 7.07. The van der Waals surface area contributed by atoms with Crippen molar-refractivity contribution >= 4 is 17.9 Å². The number of carbonyl (C=O) groups excluding carboxylic acids is 3. The zero-order chi connectivity index (χ0) is 39.7. The molecule has 0 aliphatic rings. The van der Waals surface area contributed by atoms with Crippen LogP contribution in [0, 0.1) is 11.8 Å². The molecule has 0 aliphatic heterocycles. The number of carbonyl (C=O) groups is 3. The summed E-state index contributed by atoms with van der Waals surface area (Å²) >= 11 is 0. The van der Waals surface area contributed by atoms with Gasteiger partial charge in [0.1, 0.15) is 13.2 Å². The molecule has 0 N–H and O–H groups in total. The van der Waals surface area contributed by atoms with Crippen LogP contribution in [-0.4, -0.2) is 37.2 Å². The first-order chi connectivity index (χ1) is 26.3. The molecule has 320 valence electrons. The minimum Gasteiger partial charge on any atom is -0.462 e. The summed E-state index contributed by atoms with van der Waals surface area (Å²) in [6, 6.07) is 0. The Hall–Kier alpha value is -1.59. The lowest BCUT2D eigenvalue weighted by molar-refractivity contribution is -0.167. The summed E-state index contributed by atoms with van der Waals surface area (Å²) < 4.78 is 16.7. The van der Waals surface area contributed by atoms with Crippen molar-refractivity contribution in [1.29, 1.82) is 0 Å². The number of hydrogen-bond acceptors (Lipinski definition) is 6. The molecule has 0 fully saturated rings. The van der Waals surface area contributed by atoms with Gasteiger partial charge in [0.25, 0.3) is 0 Å². The van der Waals surface area contributed by atoms with Gasteiger partial charge in [-0.3, -0.25) is 14.4 Å². The molecular weight excluding hydrogens is 673 g/mol. The van der Waals surface area contributed by atoms with Crippen molar-refractivity contribution in [3.8, 4) is 0 Å². The molecule has 0 saturated heterocycles. The maximum Gasteiger partial charge on any atom is 0.306 e. The number of ether oxygens (including phenoxy) is 3. The van der Waals surface area contributed by atoms with E-state index in [4.69, 9.17) is 14.2 Å². The van der Waals surface area contributed by atoms with Gasteiger partial charge in [0.05, 0.1) is 0 Å². The summed E-state index contributed by atoms with van der Waals surface area (Å²) in [5.41, 5.74) is 0. The van der Waals surface area contributed by atoms with Gasteiger partial charge in [0.15, 0.2) is 6.10 Å². The minimum atomic E-state index is -0.760. The highest BCUT2D eigenvalue weighted by Crippen LogP contribution is 2.17. The number of rotatable bonds is 42. The quantitative estimate of drug-likeness (QED) is 0.0350. The van der Waals surface area contributed by atoms with Gasteiger partial charge in [-0.15, -0.1) is 0 Å². The first kappa shape index (κ1) is 52.4. The molecule has 6 nitrogen and oxygen atoms in total. The van der Waals surface area contributed by atoms with E-state index >= 15 is 0 Å². The highest BCUT2D eigenvalue weighted by atomic mass is 16.6. The third kappa shape index (κ3) is 40.1. The molecule has 0 aromatic carbocycles. The van der Waals surface area contributed by atoms with Crippen molar-refractivity contribution in [1.82, 2.24) is 0 Å². The van der Waals surface area contributed by atoms with Gasteiger partial charge in [-0.05, 0) is 31.1 Å². The Morgan fingerprint density at radius 1 is 0.389 bits per heavy atom. The van der Waals surface area contributed by atoms with Crippen LogP contribution in [0.15, 0.2) is 0 Å². The molecule has 0 spiro atoms. The van der Waals surface area contributed by atoms with E-state index in [2.05, 4.69) is 34.6 Å². The van der Waals surface area contributed by atoms with Crippen LogP contribution in [0.4, 0.5) is 0 Å². The number of esters is 3. The maximum absolute atomic E-state index is 12.7. The van der Waals surface area contributed by atoms with Crippen molar-refractivity contribution in [3.63, 3.8) is 0 Å². The molecule has 0 saturated carbocycles. The van der Waals surface area contributed by atoms with Crippen molar-refractivity contribution in [2.24, 2.45) is 11.8 Å². The number of hydrogen-bond donors (Lipinski definition) is 0. The molecule has 1 unspecified atom stereocenters. The van der Waals surface area contributed by atoms with Gasteiger partial charge >= 0.3 is 17.9 Å². The largest absolute Gasteiger partial charge is 0.462 e. The second-order valence-electron chi connectivity index (χ2n) is 17.1. The van der Waals surface area contributed by atoms with Gasteiger partial charge in [0, 0.05) is 19.3 Å². The second kappa shape index (κ2) is 41.1. The molecule has 0 amide bonds. The molecule has 0 heterocycles. The minimum absolute atomic E-state index is 0.0648. The summed E-state index contributed by atoms with van der Waals surface area (Å²) in [6.45, 7) is 11.3. The molecule has 6 heteroatoms. The first-order valence-electron chi connectivity index (χ1n) is 23.8. The molecule has 0 radical (unpaired) electrons. The molecular formula is C48H92O6. The van der Waals surface area contributed by atoms with Crippen molar-refractivity contribution in [2.45, 2.75) is 265 Å². The van der Waals surface area contributed by atoms with Gasteiger partial charge in [-0.2, -0.15) is 0 Å². The fraction of sp³-hybridized carbons (Fsp3) is 0.938. The fourth-order valence-electron chi connectivity index (χ4n) is 7.07. The third-order valence-electron chi connectivity index (χ3n) is 11.1. The third-order valence-corrected chi connectivity index (χ3v) is 11.1. The van der Waals surface area contributed by atoms with E-state index in [1.165, 1.54) is 148 Å². The van der Waals surface area contributed by atoms with E-state index in [0.29, 0.717) is 19.3 Å². The van der Waals surface area contributed by atoms with E-state index < -0.39 is 6.10 Å². The monoisotopic (exact) mass is 765 g/mol. The summed E-state index contributed by atoms with van der Waals surface area (Å²) in [5, 5.41) is 0. The topological polar surface area (TPSA) is 78.9 Å². The Morgan fingerprint density at radius 3 is 1.06 bits per heavy atom. The van der Waals surface area contributed by atoms with Gasteiger partial charge in [-0.25, -0.2) is 0 Å². The van der Waals surface area contributed by atoms with E-state index in [1.54, 1.807) is 0 Å². The predicted octanol–water partition coefficient (Wildman–Crippen LogP) is 15.0. The van der Waals surface area contributed by atoms with Crippen molar-refractivity contribution < 1.29 is 28.6 Å². The summed E-state index contributed by atoms with van der Waals surface area (Å²) in [5.74, 6) is 0.816. The lowest BCUT2D eigenvalue weighted by atomic mass is 9.99. The van der Waals surface area contributed by atoms with Crippen LogP contribution in [-0.2, 0) is 28.6 Å². The van der Waals surface area contributed by atoms with Crippen molar-refractivity contribution in [2.75, 3.05) is 13.2 Å². The van der Waals surface area contributed by atoms with Crippen molar-refractivity contribution in [3.05, 3.63) is 0 Å². The zero-order valence-electron chi connectivity index (χ0n) is 36.8. The zero-order valence-corrected chi connectivity index (χ0v) is 36.8. The Morgan fingerprint density at radius 2 is 0.704 bits per heavy atom. The predicted molar refractivity (Wildman–Crippen MR) is 229 cm³/mol. The van der Waals surface area contributed by atoms with Gasteiger partial charge in [-0.1, -0.05) is 221 Å². The van der Waals surface area contributed by atoms with Crippen LogP contribution in [0.25, 0.3) is 0 Å². The molecule has 0 aromatic rings. The second-order valence-corrected chi connectivity index (χ2v) is 17.1. The molecule has 2 atom stereocenters. The number of unbranched alkanes of at least 4 members (excludes halogenated alkanes) is 26. The highest BCUT2D eigenvalue weighted by Gasteiger charge is 2.19. The van der Waals surface area contributed by atoms with Crippen LogP contribution >= 0.6 is 0 Å². The van der Waals surface area contributed by atoms with Crippen LogP contribution < -0.4 is 0 Å². The van der Waals surface area contributed by atoms with Gasteiger partial charge < -0.3 is 14.2 Å². The summed E-state index contributed by atoms with van der Waals surface area (Å²) in [4.78, 5) is 37.7. The molecule has 0 aliphatic carbocycles. The Kier molecular flexibility index (Phi) is 39.8. The first-order valence-corrected chi connectivity index (χ1v) is 23.8. The van der Waals surface area contributed by atoms with E-state index in [0.717, 1.165) is 69.6 Å². The smallest absolute Gasteiger partial charge is 0.306 e. The SMILES string of the molecule is CCCCCCCCCCCCC(=O)OC[C@@H](COC(=O)CCCCCCCCCCC(C)CC)OC(=O)CCCCCCCCCCCCCC(C)C. The summed E-state index contributed by atoms with van der Waals surface area (Å²) in [6.07, 6.45) is 39.4. The van der Waals surface area contributed by atoms with E-state index in [-0.39, 0.29) is 31.1 Å². The molecule has 54 heavy (non-hydrogen) atoms. The Bertz CT molecular complexity index is 826. The van der Waals surface area contributed by atoms with E-state index in [1.807, 2.05) is 0 Å². The Balaban J connectivity index is 4.34. The molecule has 0 aromatic heterocycles. The summed E-state index contributed by atoms with van der Waals surface area (Å²) in [7, 11) is 0. The van der Waals surface area contributed by atoms with Crippen LogP contribution in [0.2, 0.25) is 0 Å². The normalized spacial score (nSPS) is 12.6. The highest BCUT2D eigenvalue weighted by molar-refractivity contribution is 5.71. The lowest BCUT2D eigenvalue weighted by Gasteiger charge is -2.18. The molecule has 0 bridgehead atoms. The average Bonchev–Trinajstić information content (AvgIpc) is 3.15. The van der Waals surface area contributed by atoms with Crippen LogP contribution in [0.5, 0.6) is 0 Å². The van der Waals surface area contributed by atoms with Gasteiger partial charge in [0.2, 0.25) is 0 Å². The van der Waals surface area contributed by atoms with Crippen LogP contribution in [0.1, 0.15) is 259 Å². The maximum atomic E-state index is 12.7. The Labute approximate surface area is 336 Å².